The van der Waals surface area contributed by atoms with Crippen LogP contribution in [0.1, 0.15) is 13.3 Å². The summed E-state index contributed by atoms with van der Waals surface area (Å²) in [5.74, 6) is 0. The Hall–Kier alpha value is -0.400. The van der Waals surface area contributed by atoms with Gasteiger partial charge in [-0.3, -0.25) is 0 Å². The molecule has 108 valence electrons. The molecular weight excluding hydrogens is 309 g/mol. The van der Waals surface area contributed by atoms with Gasteiger partial charge in [-0.1, -0.05) is 23.2 Å². The quantitative estimate of drug-likeness (QED) is 0.813. The lowest BCUT2D eigenvalue weighted by molar-refractivity contribution is 0.379. The van der Waals surface area contributed by atoms with Gasteiger partial charge in [-0.2, -0.15) is 0 Å². The average Bonchev–Trinajstić information content (AvgIpc) is 2.29. The maximum atomic E-state index is 12.1. The number of hydrogen-bond acceptors (Lipinski definition) is 4. The summed E-state index contributed by atoms with van der Waals surface area (Å²) in [7, 11) is 0.248. The van der Waals surface area contributed by atoms with E-state index < -0.39 is 10.0 Å². The normalized spacial score (nSPS) is 13.8. The summed E-state index contributed by atoms with van der Waals surface area (Å²) in [4.78, 5) is 5.74. The lowest BCUT2D eigenvalue weighted by Gasteiger charge is -2.16. The zero-order chi connectivity index (χ0) is 14.6. The average molecular weight is 326 g/mol. The number of pyridine rings is 1. The Kier molecular flexibility index (Phi) is 6.01. The fraction of sp³-hybridized carbons (Fsp3) is 0.545. The second-order valence-corrected chi connectivity index (χ2v) is 7.04. The van der Waals surface area contributed by atoms with Crippen molar-refractivity contribution >= 4 is 33.2 Å². The molecule has 0 saturated heterocycles. The smallest absolute Gasteiger partial charge is 0.242 e. The maximum absolute atomic E-state index is 12.1. The van der Waals surface area contributed by atoms with E-state index in [1.807, 2.05) is 25.9 Å². The molecule has 0 radical (unpaired) electrons. The number of nitrogens with zero attached hydrogens (tertiary/aromatic N) is 2. The van der Waals surface area contributed by atoms with Gasteiger partial charge < -0.3 is 4.90 Å². The molecule has 1 rings (SSSR count). The van der Waals surface area contributed by atoms with E-state index in [0.29, 0.717) is 6.42 Å². The van der Waals surface area contributed by atoms with Gasteiger partial charge in [0.05, 0.1) is 5.02 Å². The number of hydrogen-bond donors (Lipinski definition) is 1. The Bertz CT molecular complexity index is 535. The van der Waals surface area contributed by atoms with Gasteiger partial charge in [0.1, 0.15) is 10.0 Å². The second kappa shape index (κ2) is 6.85. The first-order valence-corrected chi connectivity index (χ1v) is 7.94. The van der Waals surface area contributed by atoms with Gasteiger partial charge in [0, 0.05) is 12.2 Å². The number of aromatic nitrogens is 1. The third-order valence-corrected chi connectivity index (χ3v) is 4.69. The molecule has 0 aliphatic carbocycles. The third-order valence-electron chi connectivity index (χ3n) is 2.45. The summed E-state index contributed by atoms with van der Waals surface area (Å²) >= 11 is 11.4. The van der Waals surface area contributed by atoms with Gasteiger partial charge in [-0.05, 0) is 40.1 Å². The van der Waals surface area contributed by atoms with Gasteiger partial charge in [0.25, 0.3) is 0 Å². The molecule has 1 unspecified atom stereocenters. The van der Waals surface area contributed by atoms with Crippen LogP contribution >= 0.6 is 23.2 Å². The molecule has 0 bridgehead atoms. The first kappa shape index (κ1) is 16.7. The van der Waals surface area contributed by atoms with E-state index in [-0.39, 0.29) is 21.1 Å². The molecule has 1 heterocycles. The van der Waals surface area contributed by atoms with Crippen molar-refractivity contribution in [1.82, 2.24) is 14.6 Å². The van der Waals surface area contributed by atoms with Crippen molar-refractivity contribution in [3.63, 3.8) is 0 Å². The van der Waals surface area contributed by atoms with Crippen molar-refractivity contribution in [2.45, 2.75) is 24.3 Å². The molecule has 0 saturated carbocycles. The molecule has 0 fully saturated rings. The van der Waals surface area contributed by atoms with E-state index in [2.05, 4.69) is 9.71 Å². The van der Waals surface area contributed by atoms with Crippen LogP contribution in [0.2, 0.25) is 10.2 Å². The molecule has 8 heteroatoms. The highest BCUT2D eigenvalue weighted by atomic mass is 35.5. The highest BCUT2D eigenvalue weighted by Gasteiger charge is 2.19. The standard InChI is InChI=1S/C11H17Cl2N3O2S/c1-8(4-5-16(2)3)15-19(17,18)9-6-10(12)11(13)14-7-9/h6-8,15H,4-5H2,1-3H3. The van der Waals surface area contributed by atoms with E-state index in [0.717, 1.165) is 6.54 Å². The zero-order valence-electron chi connectivity index (χ0n) is 11.0. The van der Waals surface area contributed by atoms with E-state index in [4.69, 9.17) is 23.2 Å². The van der Waals surface area contributed by atoms with Crippen LogP contribution in [0.15, 0.2) is 17.2 Å². The van der Waals surface area contributed by atoms with Crippen LogP contribution < -0.4 is 4.72 Å². The highest BCUT2D eigenvalue weighted by molar-refractivity contribution is 7.89. The van der Waals surface area contributed by atoms with Crippen LogP contribution in [-0.4, -0.2) is 45.0 Å². The minimum absolute atomic E-state index is 0.0126. The fourth-order valence-corrected chi connectivity index (χ4v) is 2.98. The second-order valence-electron chi connectivity index (χ2n) is 4.56. The molecule has 19 heavy (non-hydrogen) atoms. The lowest BCUT2D eigenvalue weighted by atomic mass is 10.2. The lowest BCUT2D eigenvalue weighted by Crippen LogP contribution is -2.34. The molecule has 1 N–H and O–H groups in total. The van der Waals surface area contributed by atoms with Gasteiger partial charge >= 0.3 is 0 Å². The summed E-state index contributed by atoms with van der Waals surface area (Å²) in [6.07, 6.45) is 1.90. The van der Waals surface area contributed by atoms with Crippen molar-refractivity contribution in [3.05, 3.63) is 22.4 Å². The Balaban J connectivity index is 2.77. The van der Waals surface area contributed by atoms with E-state index in [1.165, 1.54) is 12.3 Å². The summed E-state index contributed by atoms with van der Waals surface area (Å²) < 4.78 is 26.7. The van der Waals surface area contributed by atoms with Gasteiger partial charge in [-0.25, -0.2) is 18.1 Å². The first-order chi connectivity index (χ1) is 8.72. The summed E-state index contributed by atoms with van der Waals surface area (Å²) in [5.41, 5.74) is 0. The summed E-state index contributed by atoms with van der Waals surface area (Å²) in [5, 5.41) is 0.201. The van der Waals surface area contributed by atoms with Crippen LogP contribution in [0, 0.1) is 0 Å². The van der Waals surface area contributed by atoms with Crippen molar-refractivity contribution in [2.75, 3.05) is 20.6 Å². The van der Waals surface area contributed by atoms with Crippen molar-refractivity contribution in [1.29, 1.82) is 0 Å². The monoisotopic (exact) mass is 325 g/mol. The SMILES string of the molecule is CC(CCN(C)C)NS(=O)(=O)c1cnc(Cl)c(Cl)c1. The van der Waals surface area contributed by atoms with E-state index >= 15 is 0 Å². The molecule has 1 atom stereocenters. The highest BCUT2D eigenvalue weighted by Crippen LogP contribution is 2.22. The van der Waals surface area contributed by atoms with Crippen LogP contribution in [0.5, 0.6) is 0 Å². The molecule has 0 aliphatic heterocycles. The molecular formula is C11H17Cl2N3O2S. The van der Waals surface area contributed by atoms with E-state index in [1.54, 1.807) is 0 Å². The van der Waals surface area contributed by atoms with Gasteiger partial charge in [-0.15, -0.1) is 0 Å². The molecule has 0 aromatic carbocycles. The zero-order valence-corrected chi connectivity index (χ0v) is 13.3. The minimum atomic E-state index is -3.62. The van der Waals surface area contributed by atoms with Crippen LogP contribution in [0.4, 0.5) is 0 Å². The van der Waals surface area contributed by atoms with Crippen molar-refractivity contribution in [3.8, 4) is 0 Å². The number of halogens is 2. The largest absolute Gasteiger partial charge is 0.309 e. The van der Waals surface area contributed by atoms with Crippen molar-refractivity contribution in [2.24, 2.45) is 0 Å². The Morgan fingerprint density at radius 2 is 2.05 bits per heavy atom. The maximum Gasteiger partial charge on any atom is 0.242 e. The molecule has 1 aromatic rings. The van der Waals surface area contributed by atoms with Gasteiger partial charge in [0.15, 0.2) is 0 Å². The predicted octanol–water partition coefficient (Wildman–Crippen LogP) is 2.01. The minimum Gasteiger partial charge on any atom is -0.309 e. The number of sulfonamides is 1. The Morgan fingerprint density at radius 3 is 2.58 bits per heavy atom. The first-order valence-electron chi connectivity index (χ1n) is 5.70. The fourth-order valence-electron chi connectivity index (χ4n) is 1.39. The third kappa shape index (κ3) is 5.24. The van der Waals surface area contributed by atoms with Gasteiger partial charge in [0.2, 0.25) is 10.0 Å². The summed E-state index contributed by atoms with van der Waals surface area (Å²) in [6, 6.07) is 1.11. The van der Waals surface area contributed by atoms with E-state index in [9.17, 15) is 8.42 Å². The molecule has 0 spiro atoms. The van der Waals surface area contributed by atoms with Crippen LogP contribution in [-0.2, 0) is 10.0 Å². The van der Waals surface area contributed by atoms with Crippen LogP contribution in [0.25, 0.3) is 0 Å². The topological polar surface area (TPSA) is 62.3 Å². The molecule has 0 aliphatic rings. The number of nitrogens with one attached hydrogen (secondary N) is 1. The molecule has 5 nitrogen and oxygen atoms in total. The van der Waals surface area contributed by atoms with Crippen LogP contribution in [0.3, 0.4) is 0 Å². The number of rotatable bonds is 6. The Morgan fingerprint density at radius 1 is 1.42 bits per heavy atom. The predicted molar refractivity (Wildman–Crippen MR) is 77.2 cm³/mol. The molecule has 1 aromatic heterocycles. The Labute approximate surface area is 124 Å². The molecule has 0 amide bonds. The summed E-state index contributed by atoms with van der Waals surface area (Å²) in [6.45, 7) is 2.61. The van der Waals surface area contributed by atoms with Crippen molar-refractivity contribution < 1.29 is 8.42 Å².